The molecule has 0 saturated heterocycles. The molecular weight excluding hydrogens is 442 g/mol. The van der Waals surface area contributed by atoms with Gasteiger partial charge in [-0.1, -0.05) is 13.0 Å². The Morgan fingerprint density at radius 1 is 1.17 bits per heavy atom. The van der Waals surface area contributed by atoms with E-state index in [1.807, 2.05) is 13.0 Å². The van der Waals surface area contributed by atoms with Crippen molar-refractivity contribution in [3.63, 3.8) is 0 Å². The molecule has 9 heteroatoms. The largest absolute Gasteiger partial charge is 1.00 e. The van der Waals surface area contributed by atoms with Crippen LogP contribution in [0.25, 0.3) is 22.0 Å². The summed E-state index contributed by atoms with van der Waals surface area (Å²) < 4.78 is 19.3. The van der Waals surface area contributed by atoms with Crippen molar-refractivity contribution in [2.24, 2.45) is 11.8 Å². The summed E-state index contributed by atoms with van der Waals surface area (Å²) in [6, 6.07) is 6.52. The number of aromatic nitrogens is 2. The topological polar surface area (TPSA) is 93.2 Å². The summed E-state index contributed by atoms with van der Waals surface area (Å²) in [6.07, 6.45) is 1.61. The molecule has 1 aliphatic carbocycles. The fourth-order valence-corrected chi connectivity index (χ4v) is 3.65. The third-order valence-electron chi connectivity index (χ3n) is 5.51. The first-order valence-corrected chi connectivity index (χ1v) is 10.5. The van der Waals surface area contributed by atoms with Crippen molar-refractivity contribution < 1.29 is 37.6 Å². The zero-order chi connectivity index (χ0) is 23.9. The molecule has 0 aliphatic heterocycles. The second-order valence-electron chi connectivity index (χ2n) is 8.34. The monoisotopic (exact) mass is 469 g/mol. The summed E-state index contributed by atoms with van der Waals surface area (Å²) in [5.41, 5.74) is 3.53. The summed E-state index contributed by atoms with van der Waals surface area (Å²) in [7, 11) is 0. The van der Waals surface area contributed by atoms with Gasteiger partial charge >= 0.3 is 25.0 Å². The molecule has 2 N–H and O–H groups in total. The van der Waals surface area contributed by atoms with Crippen molar-refractivity contribution in [1.29, 1.82) is 0 Å². The van der Waals surface area contributed by atoms with Crippen LogP contribution in [-0.2, 0) is 9.53 Å². The number of rotatable bonds is 5. The van der Waals surface area contributed by atoms with Crippen molar-refractivity contribution >= 4 is 34.4 Å². The fourth-order valence-electron chi connectivity index (χ4n) is 3.65. The van der Waals surface area contributed by atoms with E-state index in [9.17, 15) is 14.0 Å². The standard InChI is InChI=1S/C25H24FN4O3.CH3.Li/c1-12(2)33-25(32)29-22-9-17(14(4)7-20(22)26)19-8-16-11-27-23(10-21(16)28-15(19)5)30-24(31)18-6-13(18)3;;/h7-11,13,18H,1,3,6H2,2,4-5H3,(H,29,32)(H,27,30,31);1H3;/q2*-1;+1. The molecule has 3 aromatic rings. The second-order valence-corrected chi connectivity index (χ2v) is 8.34. The van der Waals surface area contributed by atoms with E-state index >= 15 is 0 Å². The van der Waals surface area contributed by atoms with Gasteiger partial charge in [-0.05, 0) is 50.1 Å². The van der Waals surface area contributed by atoms with E-state index in [4.69, 9.17) is 4.74 Å². The van der Waals surface area contributed by atoms with E-state index in [0.717, 1.165) is 17.4 Å². The maximum Gasteiger partial charge on any atom is 1.00 e. The number of aryl methyl sites for hydroxylation is 2. The van der Waals surface area contributed by atoms with E-state index in [1.54, 1.807) is 25.3 Å². The molecule has 178 valence electrons. The SMILES string of the molecule is C=C(C)OC(=O)Nc1cc(-c2cc3cnc(NC(=O)C4CC4[CH2-])cc3nc2C)c(C)cc1F.[CH3-].[Li+]. The van der Waals surface area contributed by atoms with E-state index in [1.165, 1.54) is 13.0 Å². The molecule has 1 aromatic carbocycles. The second kappa shape index (κ2) is 11.0. The molecule has 2 atom stereocenters. The van der Waals surface area contributed by atoms with Gasteiger partial charge in [0.05, 0.1) is 17.0 Å². The average molecular weight is 469 g/mol. The van der Waals surface area contributed by atoms with Gasteiger partial charge in [0.25, 0.3) is 0 Å². The Morgan fingerprint density at radius 3 is 2.49 bits per heavy atom. The molecule has 2 aromatic heterocycles. The summed E-state index contributed by atoms with van der Waals surface area (Å²) >= 11 is 0. The van der Waals surface area contributed by atoms with Gasteiger partial charge in [-0.15, -0.1) is 0 Å². The molecule has 0 radical (unpaired) electrons. The number of fused-ring (bicyclic) bond motifs is 1. The van der Waals surface area contributed by atoms with Gasteiger partial charge in [0.1, 0.15) is 11.6 Å². The Balaban J connectivity index is 0.00000216. The van der Waals surface area contributed by atoms with E-state index in [2.05, 4.69) is 34.1 Å². The Kier molecular flexibility index (Phi) is 8.83. The van der Waals surface area contributed by atoms with Gasteiger partial charge in [-0.2, -0.15) is 5.92 Å². The number of hydrogen-bond acceptors (Lipinski definition) is 5. The van der Waals surface area contributed by atoms with Crippen LogP contribution in [0.15, 0.2) is 42.8 Å². The van der Waals surface area contributed by atoms with Crippen molar-refractivity contribution in [2.45, 2.75) is 27.2 Å². The smallest absolute Gasteiger partial charge is 0.416 e. The Bertz CT molecular complexity index is 1310. The Labute approximate surface area is 216 Å². The number of amides is 2. The van der Waals surface area contributed by atoms with Gasteiger partial charge < -0.3 is 24.4 Å². The molecule has 0 spiro atoms. The molecule has 2 amide bonds. The van der Waals surface area contributed by atoms with E-state index in [-0.39, 0.29) is 55.5 Å². The zero-order valence-corrected chi connectivity index (χ0v) is 20.7. The minimum absolute atomic E-state index is 0. The molecule has 2 heterocycles. The molecule has 2 unspecified atom stereocenters. The van der Waals surface area contributed by atoms with Gasteiger partial charge in [-0.25, -0.2) is 14.2 Å². The fraction of sp³-hybridized carbons (Fsp3) is 0.231. The minimum Gasteiger partial charge on any atom is -0.416 e. The predicted molar refractivity (Wildman–Crippen MR) is 131 cm³/mol. The molecule has 4 rings (SSSR count). The van der Waals surface area contributed by atoms with Crippen LogP contribution in [-0.4, -0.2) is 22.0 Å². The third kappa shape index (κ3) is 6.27. The average Bonchev–Trinajstić information content (AvgIpc) is 3.46. The molecular formula is C26H27FLiN4O3-. The number of pyridine rings is 2. The first kappa shape index (κ1) is 28.0. The summed E-state index contributed by atoms with van der Waals surface area (Å²) in [5.74, 6) is 0.0738. The van der Waals surface area contributed by atoms with Crippen LogP contribution in [0.1, 0.15) is 24.6 Å². The number of ether oxygens (including phenoxy) is 1. The normalized spacial score (nSPS) is 15.9. The molecule has 7 nitrogen and oxygen atoms in total. The Morgan fingerprint density at radius 2 is 1.86 bits per heavy atom. The van der Waals surface area contributed by atoms with Crippen molar-refractivity contribution in [1.82, 2.24) is 9.97 Å². The molecule has 0 bridgehead atoms. The summed E-state index contributed by atoms with van der Waals surface area (Å²) in [5, 5.41) is 5.98. The number of anilines is 2. The van der Waals surface area contributed by atoms with Crippen molar-refractivity contribution in [3.8, 4) is 11.1 Å². The van der Waals surface area contributed by atoms with Crippen molar-refractivity contribution in [2.75, 3.05) is 10.6 Å². The van der Waals surface area contributed by atoms with Crippen LogP contribution in [0, 0.1) is 45.9 Å². The number of nitrogens with zero attached hydrogens (tertiary/aromatic N) is 2. The maximum atomic E-state index is 14.5. The van der Waals surface area contributed by atoms with Crippen molar-refractivity contribution in [3.05, 3.63) is 74.2 Å². The van der Waals surface area contributed by atoms with Gasteiger partial charge in [0.15, 0.2) is 0 Å². The van der Waals surface area contributed by atoms with Gasteiger partial charge in [0, 0.05) is 34.8 Å². The van der Waals surface area contributed by atoms with Crippen LogP contribution in [0.4, 0.5) is 20.7 Å². The van der Waals surface area contributed by atoms with Crippen LogP contribution in [0.3, 0.4) is 0 Å². The minimum atomic E-state index is -0.820. The number of hydrogen-bond donors (Lipinski definition) is 2. The number of carbonyl (C=O) groups excluding carboxylic acids is 2. The number of allylic oxidation sites excluding steroid dienone is 1. The quantitative estimate of drug-likeness (QED) is 0.341. The number of benzene rings is 1. The number of carbonyl (C=O) groups is 2. The first-order valence-electron chi connectivity index (χ1n) is 10.5. The molecule has 1 fully saturated rings. The number of halogens is 1. The Hall–Kier alpha value is -3.21. The number of nitrogens with one attached hydrogen (secondary N) is 2. The third-order valence-corrected chi connectivity index (χ3v) is 5.51. The zero-order valence-electron chi connectivity index (χ0n) is 20.7. The van der Waals surface area contributed by atoms with Crippen LogP contribution in [0.2, 0.25) is 0 Å². The summed E-state index contributed by atoms with van der Waals surface area (Å²) in [4.78, 5) is 33.1. The van der Waals surface area contributed by atoms with Crippen LogP contribution in [0.5, 0.6) is 0 Å². The first-order chi connectivity index (χ1) is 15.6. The van der Waals surface area contributed by atoms with E-state index < -0.39 is 11.9 Å². The van der Waals surface area contributed by atoms with E-state index in [0.29, 0.717) is 28.2 Å². The molecule has 35 heavy (non-hydrogen) atoms. The van der Waals surface area contributed by atoms with Gasteiger partial charge in [-0.3, -0.25) is 15.1 Å². The molecule has 1 aliphatic rings. The molecule has 1 saturated carbocycles. The summed E-state index contributed by atoms with van der Waals surface area (Å²) in [6.45, 7) is 12.5. The maximum absolute atomic E-state index is 14.5. The predicted octanol–water partition coefficient (Wildman–Crippen LogP) is 3.00. The van der Waals surface area contributed by atoms with Crippen LogP contribution >= 0.6 is 0 Å². The van der Waals surface area contributed by atoms with Gasteiger partial charge in [0.2, 0.25) is 5.91 Å². The van der Waals surface area contributed by atoms with Crippen LogP contribution < -0.4 is 29.5 Å².